The molecule has 0 spiro atoms. The lowest BCUT2D eigenvalue weighted by atomic mass is 10.3. The molecule has 0 aromatic carbocycles. The van der Waals surface area contributed by atoms with Crippen LogP contribution in [0, 0.1) is 34.0 Å². The molecule has 0 aromatic rings. The minimum atomic E-state index is -0.188. The molecule has 0 aliphatic carbocycles. The maximum Gasteiger partial charge on any atom is 0.179 e. The van der Waals surface area contributed by atoms with Crippen molar-refractivity contribution in [3.8, 4) is 18.2 Å². The molecule has 0 heterocycles. The van der Waals surface area contributed by atoms with Gasteiger partial charge in [-0.05, 0) is 5.73 Å². The lowest BCUT2D eigenvalue weighted by Gasteiger charge is -1.61. The standard InChI is InChI=1S/C7HN3/c8-4-2-1-3-7(5-9)6-10/h2H. The third-order valence-corrected chi connectivity index (χ3v) is 0.557. The lowest BCUT2D eigenvalue weighted by molar-refractivity contribution is 1.47. The van der Waals surface area contributed by atoms with Crippen molar-refractivity contribution in [3.05, 3.63) is 23.1 Å². The maximum atomic E-state index is 8.12. The fraction of sp³-hybridized carbons (Fsp3) is 0. The first kappa shape index (κ1) is 7.77. The van der Waals surface area contributed by atoms with Gasteiger partial charge in [0.05, 0.1) is 6.08 Å². The third-order valence-electron chi connectivity index (χ3n) is 0.557. The van der Waals surface area contributed by atoms with Crippen LogP contribution in [0.2, 0.25) is 0 Å². The maximum absolute atomic E-state index is 8.12. The molecule has 0 aromatic heterocycles. The van der Waals surface area contributed by atoms with Crippen LogP contribution in [0.3, 0.4) is 0 Å². The Morgan fingerprint density at radius 2 is 1.70 bits per heavy atom. The van der Waals surface area contributed by atoms with Gasteiger partial charge >= 0.3 is 0 Å². The molecule has 0 bridgehead atoms. The van der Waals surface area contributed by atoms with Crippen LogP contribution in [-0.2, 0) is 0 Å². The van der Waals surface area contributed by atoms with E-state index in [0.717, 1.165) is 6.08 Å². The predicted molar refractivity (Wildman–Crippen MR) is 31.9 cm³/mol. The molecule has 0 amide bonds. The van der Waals surface area contributed by atoms with E-state index in [4.69, 9.17) is 15.8 Å². The van der Waals surface area contributed by atoms with Crippen LogP contribution < -0.4 is 0 Å². The normalized spacial score (nSPS) is 4.90. The summed E-state index contributed by atoms with van der Waals surface area (Å²) in [5, 5.41) is 24.2. The van der Waals surface area contributed by atoms with Crippen LogP contribution in [0.25, 0.3) is 0 Å². The Bertz CT molecular complexity index is 315. The molecule has 3 nitrogen and oxygen atoms in total. The lowest BCUT2D eigenvalue weighted by Crippen LogP contribution is -1.62. The topological polar surface area (TPSA) is 71.4 Å². The molecule has 3 heteroatoms. The van der Waals surface area contributed by atoms with E-state index in [2.05, 4.69) is 11.5 Å². The molecule has 0 fully saturated rings. The van der Waals surface area contributed by atoms with E-state index in [9.17, 15) is 0 Å². The van der Waals surface area contributed by atoms with Gasteiger partial charge in [0.15, 0.2) is 5.57 Å². The first-order valence-electron chi connectivity index (χ1n) is 2.25. The fourth-order valence-electron chi connectivity index (χ4n) is 0.221. The van der Waals surface area contributed by atoms with Crippen molar-refractivity contribution in [2.75, 3.05) is 0 Å². The number of allylic oxidation sites excluding steroid dienone is 2. The van der Waals surface area contributed by atoms with Crippen LogP contribution in [0.4, 0.5) is 0 Å². The first-order chi connectivity index (χ1) is 4.85. The van der Waals surface area contributed by atoms with E-state index < -0.39 is 0 Å². The SMILES string of the molecule is N#CC=C=C=C(C#N)C#N. The van der Waals surface area contributed by atoms with Crippen LogP contribution in [0.1, 0.15) is 0 Å². The molecule has 0 atom stereocenters. The number of nitrogens with zero attached hydrogens (tertiary/aromatic N) is 3. The average Bonchev–Trinajstić information content (AvgIpc) is 1.99. The molecule has 0 radical (unpaired) electrons. The Kier molecular flexibility index (Phi) is 3.82. The van der Waals surface area contributed by atoms with E-state index in [1.54, 1.807) is 18.2 Å². The van der Waals surface area contributed by atoms with Crippen LogP contribution in [-0.4, -0.2) is 0 Å². The third kappa shape index (κ3) is 2.86. The number of rotatable bonds is 0. The zero-order valence-electron chi connectivity index (χ0n) is 4.92. The van der Waals surface area contributed by atoms with Gasteiger partial charge in [-0.3, -0.25) is 0 Å². The van der Waals surface area contributed by atoms with Gasteiger partial charge in [-0.1, -0.05) is 5.73 Å². The van der Waals surface area contributed by atoms with E-state index in [1.165, 1.54) is 0 Å². The van der Waals surface area contributed by atoms with Crippen molar-refractivity contribution in [1.82, 2.24) is 0 Å². The van der Waals surface area contributed by atoms with Gasteiger partial charge in [-0.2, -0.15) is 15.8 Å². The molecular weight excluding hydrogens is 126 g/mol. The zero-order valence-corrected chi connectivity index (χ0v) is 4.92. The second-order valence-electron chi connectivity index (χ2n) is 1.14. The fourth-order valence-corrected chi connectivity index (χ4v) is 0.221. The summed E-state index contributed by atoms with van der Waals surface area (Å²) in [6.45, 7) is 0. The van der Waals surface area contributed by atoms with E-state index in [0.29, 0.717) is 0 Å². The highest BCUT2D eigenvalue weighted by Gasteiger charge is 1.82. The highest BCUT2D eigenvalue weighted by Crippen LogP contribution is 1.81. The van der Waals surface area contributed by atoms with Gasteiger partial charge in [0.1, 0.15) is 18.2 Å². The smallest absolute Gasteiger partial charge is 0.179 e. The monoisotopic (exact) mass is 127 g/mol. The van der Waals surface area contributed by atoms with Crippen molar-refractivity contribution in [1.29, 1.82) is 15.8 Å². The summed E-state index contributed by atoms with van der Waals surface area (Å²) in [6, 6.07) is 4.77. The minimum Gasteiger partial charge on any atom is -0.192 e. The van der Waals surface area contributed by atoms with E-state index >= 15 is 0 Å². The van der Waals surface area contributed by atoms with E-state index in [-0.39, 0.29) is 5.57 Å². The van der Waals surface area contributed by atoms with Crippen LogP contribution >= 0.6 is 0 Å². The Hall–Kier alpha value is -2.23. The van der Waals surface area contributed by atoms with Gasteiger partial charge in [0.2, 0.25) is 0 Å². The first-order valence-corrected chi connectivity index (χ1v) is 2.25. The quantitative estimate of drug-likeness (QED) is 0.356. The summed E-state index contributed by atoms with van der Waals surface area (Å²) in [6.07, 6.45) is 1.01. The van der Waals surface area contributed by atoms with Gasteiger partial charge in [-0.25, -0.2) is 0 Å². The number of hydrogen-bond acceptors (Lipinski definition) is 3. The molecular formula is C7HN3. The van der Waals surface area contributed by atoms with Crippen molar-refractivity contribution < 1.29 is 0 Å². The molecule has 0 aliphatic heterocycles. The highest BCUT2D eigenvalue weighted by atomic mass is 14.3. The molecule has 0 aliphatic rings. The average molecular weight is 127 g/mol. The Morgan fingerprint density at radius 3 is 2.10 bits per heavy atom. The number of nitriles is 3. The van der Waals surface area contributed by atoms with Crippen molar-refractivity contribution >= 4 is 0 Å². The Morgan fingerprint density at radius 1 is 1.10 bits per heavy atom. The minimum absolute atomic E-state index is 0.188. The zero-order chi connectivity index (χ0) is 7.82. The highest BCUT2D eigenvalue weighted by molar-refractivity contribution is 5.34. The van der Waals surface area contributed by atoms with Crippen molar-refractivity contribution in [2.45, 2.75) is 0 Å². The van der Waals surface area contributed by atoms with Gasteiger partial charge in [0, 0.05) is 0 Å². The summed E-state index contributed by atoms with van der Waals surface area (Å²) in [5.74, 6) is 0. The van der Waals surface area contributed by atoms with Gasteiger partial charge < -0.3 is 0 Å². The molecule has 0 N–H and O–H groups in total. The molecule has 0 rings (SSSR count). The Balaban J connectivity index is 4.86. The van der Waals surface area contributed by atoms with Crippen LogP contribution in [0.15, 0.2) is 23.1 Å². The molecule has 44 valence electrons. The molecule has 0 saturated carbocycles. The summed E-state index contributed by atoms with van der Waals surface area (Å²) in [5.41, 5.74) is 4.22. The second-order valence-corrected chi connectivity index (χ2v) is 1.14. The van der Waals surface area contributed by atoms with Crippen LogP contribution in [0.5, 0.6) is 0 Å². The predicted octanol–water partition coefficient (Wildman–Crippen LogP) is 0.794. The van der Waals surface area contributed by atoms with Gasteiger partial charge in [-0.15, -0.1) is 0 Å². The summed E-state index contributed by atoms with van der Waals surface area (Å²) in [4.78, 5) is 0. The van der Waals surface area contributed by atoms with Gasteiger partial charge in [0.25, 0.3) is 0 Å². The Labute approximate surface area is 58.0 Å². The van der Waals surface area contributed by atoms with Crippen molar-refractivity contribution in [2.24, 2.45) is 0 Å². The largest absolute Gasteiger partial charge is 0.192 e. The molecule has 0 unspecified atom stereocenters. The summed E-state index contributed by atoms with van der Waals surface area (Å²) >= 11 is 0. The second kappa shape index (κ2) is 4.92. The van der Waals surface area contributed by atoms with Crippen molar-refractivity contribution in [3.63, 3.8) is 0 Å². The molecule has 0 saturated heterocycles. The number of hydrogen-bond donors (Lipinski definition) is 0. The molecule has 10 heavy (non-hydrogen) atoms. The summed E-state index contributed by atoms with van der Waals surface area (Å²) in [7, 11) is 0. The summed E-state index contributed by atoms with van der Waals surface area (Å²) < 4.78 is 0. The van der Waals surface area contributed by atoms with E-state index in [1.807, 2.05) is 0 Å².